The van der Waals surface area contributed by atoms with Crippen molar-refractivity contribution in [3.05, 3.63) is 52.6 Å². The van der Waals surface area contributed by atoms with Crippen molar-refractivity contribution in [3.8, 4) is 11.5 Å². The van der Waals surface area contributed by atoms with Crippen LogP contribution in [0.5, 0.6) is 11.5 Å². The number of carbonyl (C=O) groups excluding carboxylic acids is 1. The van der Waals surface area contributed by atoms with Crippen molar-refractivity contribution < 1.29 is 29.7 Å². The molecule has 2 aromatic rings. The van der Waals surface area contributed by atoms with Gasteiger partial charge in [-0.15, -0.1) is 0 Å². The molecule has 0 aliphatic heterocycles. The van der Waals surface area contributed by atoms with Gasteiger partial charge < -0.3 is 14.9 Å². The second-order valence-corrected chi connectivity index (χ2v) is 7.56. The van der Waals surface area contributed by atoms with Gasteiger partial charge >= 0.3 is 5.97 Å². The number of rotatable bonds is 5. The first-order valence-electron chi connectivity index (χ1n) is 9.01. The fraction of sp³-hybridized carbons (Fsp3) is 0.333. The number of esters is 1. The van der Waals surface area contributed by atoms with Crippen molar-refractivity contribution in [2.45, 2.75) is 46.8 Å². The third-order valence-corrected chi connectivity index (χ3v) is 4.07. The molecule has 0 saturated heterocycles. The Bertz CT molecular complexity index is 975. The minimum absolute atomic E-state index is 0.0495. The number of carbonyl (C=O) groups is 1. The van der Waals surface area contributed by atoms with Crippen LogP contribution in [0.4, 0.5) is 0 Å². The van der Waals surface area contributed by atoms with Gasteiger partial charge in [-0.1, -0.05) is 6.07 Å². The lowest BCUT2D eigenvalue weighted by molar-refractivity contribution is -0.816. The Kier molecular flexibility index (Phi) is 6.58. The van der Waals surface area contributed by atoms with Crippen LogP contribution >= 0.6 is 0 Å². The Morgan fingerprint density at radius 2 is 1.83 bits per heavy atom. The minimum atomic E-state index is -0.582. The molecule has 0 fully saturated rings. The number of phenolic OH excluding ortho intramolecular Hbond substituents is 2. The molecule has 29 heavy (non-hydrogen) atoms. The molecule has 154 valence electrons. The van der Waals surface area contributed by atoms with Crippen molar-refractivity contribution >= 4 is 18.3 Å². The first-order chi connectivity index (χ1) is 13.5. The number of ether oxygens (including phenoxy) is 1. The number of hydrogen-bond acceptors (Lipinski definition) is 7. The first-order valence-corrected chi connectivity index (χ1v) is 9.01. The molecule has 0 spiro atoms. The second kappa shape index (κ2) is 8.72. The second-order valence-electron chi connectivity index (χ2n) is 7.56. The summed E-state index contributed by atoms with van der Waals surface area (Å²) >= 11 is 0. The highest BCUT2D eigenvalue weighted by molar-refractivity contribution is 5.87. The third-order valence-electron chi connectivity index (χ3n) is 4.07. The number of hydrogen-bond donors (Lipinski definition) is 3. The Hall–Kier alpha value is -3.42. The molecular weight excluding hydrogens is 374 g/mol. The number of phenols is 2. The average molecular weight is 400 g/mol. The standard InChI is InChI=1S/C21H25N3O5/c1-13-16(11-24(28)21(3,4)5)22-14(2)17(23-13)12-29-20(27)9-7-15-6-8-18(25)19(26)10-15/h6-11,22,28H,12H2,1-5H3/p+1/b9-7+. The highest BCUT2D eigenvalue weighted by Crippen LogP contribution is 2.25. The van der Waals surface area contributed by atoms with Crippen molar-refractivity contribution in [2.24, 2.45) is 0 Å². The molecule has 0 amide bonds. The third kappa shape index (κ3) is 6.03. The van der Waals surface area contributed by atoms with E-state index in [-0.39, 0.29) is 18.1 Å². The zero-order chi connectivity index (χ0) is 21.8. The average Bonchev–Trinajstić information content (AvgIpc) is 2.63. The Morgan fingerprint density at radius 1 is 1.14 bits per heavy atom. The number of aryl methyl sites for hydroxylation is 2. The normalized spacial score (nSPS) is 12.4. The van der Waals surface area contributed by atoms with E-state index in [0.29, 0.717) is 28.3 Å². The molecule has 0 saturated carbocycles. The molecule has 8 heteroatoms. The minimum Gasteiger partial charge on any atom is -0.504 e. The van der Waals surface area contributed by atoms with Gasteiger partial charge in [0, 0.05) is 26.8 Å². The van der Waals surface area contributed by atoms with Gasteiger partial charge in [0.1, 0.15) is 6.61 Å². The van der Waals surface area contributed by atoms with E-state index in [0.717, 1.165) is 4.74 Å². The lowest BCUT2D eigenvalue weighted by atomic mass is 10.1. The molecule has 0 aliphatic carbocycles. The molecule has 3 N–H and O–H groups in total. The van der Waals surface area contributed by atoms with E-state index in [2.05, 4.69) is 9.97 Å². The molecule has 8 nitrogen and oxygen atoms in total. The lowest BCUT2D eigenvalue weighted by Crippen LogP contribution is -2.31. The Labute approximate surface area is 169 Å². The maximum Gasteiger partial charge on any atom is 0.331 e. The van der Waals surface area contributed by atoms with Crippen LogP contribution in [0.1, 0.15) is 49.1 Å². The van der Waals surface area contributed by atoms with Crippen LogP contribution in [0.25, 0.3) is 6.08 Å². The van der Waals surface area contributed by atoms with Gasteiger partial charge in [-0.05, 0) is 42.4 Å². The fourth-order valence-corrected chi connectivity index (χ4v) is 2.23. The van der Waals surface area contributed by atoms with Crippen LogP contribution in [-0.4, -0.2) is 47.8 Å². The predicted molar refractivity (Wildman–Crippen MR) is 107 cm³/mol. The van der Waals surface area contributed by atoms with Crippen molar-refractivity contribution in [3.63, 3.8) is 0 Å². The maximum atomic E-state index is 11.9. The van der Waals surface area contributed by atoms with E-state index in [1.165, 1.54) is 30.5 Å². The van der Waals surface area contributed by atoms with Crippen LogP contribution in [-0.2, 0) is 16.1 Å². The lowest BCUT2D eigenvalue weighted by Gasteiger charge is -2.11. The smallest absolute Gasteiger partial charge is 0.331 e. The van der Waals surface area contributed by atoms with E-state index in [1.54, 1.807) is 19.9 Å². The van der Waals surface area contributed by atoms with Crippen LogP contribution in [0.2, 0.25) is 0 Å². The summed E-state index contributed by atoms with van der Waals surface area (Å²) in [5, 5.41) is 28.8. The van der Waals surface area contributed by atoms with Crippen LogP contribution in [0.3, 0.4) is 0 Å². The molecule has 2 rings (SSSR count). The first kappa shape index (κ1) is 21.9. The summed E-state index contributed by atoms with van der Waals surface area (Å²) in [6.07, 6.45) is 4.20. The Morgan fingerprint density at radius 3 is 2.45 bits per heavy atom. The number of nitrogens with zero attached hydrogens (tertiary/aromatic N) is 3. The van der Waals surface area contributed by atoms with Crippen molar-refractivity contribution in [2.75, 3.05) is 0 Å². The summed E-state index contributed by atoms with van der Waals surface area (Å²) in [4.78, 5) is 20.8. The molecule has 1 aromatic heterocycles. The highest BCUT2D eigenvalue weighted by Gasteiger charge is 2.25. The van der Waals surface area contributed by atoms with E-state index in [1.807, 2.05) is 20.8 Å². The maximum absolute atomic E-state index is 11.9. The molecule has 0 radical (unpaired) electrons. The van der Waals surface area contributed by atoms with E-state index in [4.69, 9.17) is 4.74 Å². The van der Waals surface area contributed by atoms with Crippen LogP contribution < -0.4 is 0 Å². The molecular formula is C21H26N3O5+. The molecule has 0 aliphatic rings. The van der Waals surface area contributed by atoms with E-state index in [9.17, 15) is 20.2 Å². The van der Waals surface area contributed by atoms with Gasteiger partial charge in [-0.3, -0.25) is 10.2 Å². The van der Waals surface area contributed by atoms with Gasteiger partial charge in [-0.2, -0.15) is 0 Å². The summed E-state index contributed by atoms with van der Waals surface area (Å²) in [6, 6.07) is 4.21. The number of aromatic nitrogens is 2. The van der Waals surface area contributed by atoms with Crippen LogP contribution in [0, 0.1) is 13.8 Å². The summed E-state index contributed by atoms with van der Waals surface area (Å²) in [6.45, 7) is 9.05. The van der Waals surface area contributed by atoms with Gasteiger partial charge in [0.05, 0.1) is 17.1 Å². The van der Waals surface area contributed by atoms with Gasteiger partial charge in [0.2, 0.25) is 11.8 Å². The molecule has 1 heterocycles. The Balaban J connectivity index is 2.06. The summed E-state index contributed by atoms with van der Waals surface area (Å²) in [5.41, 5.74) is 2.29. The van der Waals surface area contributed by atoms with E-state index >= 15 is 0 Å². The van der Waals surface area contributed by atoms with Gasteiger partial charge in [0.25, 0.3) is 0 Å². The van der Waals surface area contributed by atoms with Crippen LogP contribution in [0.15, 0.2) is 24.3 Å². The van der Waals surface area contributed by atoms with Crippen molar-refractivity contribution in [1.29, 1.82) is 0 Å². The zero-order valence-corrected chi connectivity index (χ0v) is 17.2. The SMILES string of the molecule is Cc1nc(COC(=O)/C=C/c2ccc(O)c(O)c2)c(C)nc1/C=[N+](\O)C(C)(C)C. The fourth-order valence-electron chi connectivity index (χ4n) is 2.23. The number of aromatic hydroxyl groups is 2. The highest BCUT2D eigenvalue weighted by atomic mass is 16.5. The monoisotopic (exact) mass is 400 g/mol. The molecule has 0 atom stereocenters. The molecule has 0 unspecified atom stereocenters. The quantitative estimate of drug-likeness (QED) is 0.134. The largest absolute Gasteiger partial charge is 0.504 e. The summed E-state index contributed by atoms with van der Waals surface area (Å²) < 4.78 is 6.28. The predicted octanol–water partition coefficient (Wildman–Crippen LogP) is 2.88. The zero-order valence-electron chi connectivity index (χ0n) is 17.2. The number of hydroxylamine groups is 1. The summed E-state index contributed by atoms with van der Waals surface area (Å²) in [5.74, 6) is -1.09. The molecule has 0 bridgehead atoms. The number of benzene rings is 1. The summed E-state index contributed by atoms with van der Waals surface area (Å²) in [7, 11) is 0. The van der Waals surface area contributed by atoms with Gasteiger partial charge in [-0.25, -0.2) is 9.78 Å². The van der Waals surface area contributed by atoms with Gasteiger partial charge in [0.15, 0.2) is 17.2 Å². The van der Waals surface area contributed by atoms with E-state index < -0.39 is 11.5 Å². The van der Waals surface area contributed by atoms with Crippen molar-refractivity contribution in [1.82, 2.24) is 9.97 Å². The molecule has 1 aromatic carbocycles. The topological polar surface area (TPSA) is 116 Å².